The Hall–Kier alpha value is -0.910. The van der Waals surface area contributed by atoms with E-state index in [1.165, 1.54) is 17.7 Å². The van der Waals surface area contributed by atoms with Crippen LogP contribution in [0.3, 0.4) is 0 Å². The molecule has 23 heavy (non-hydrogen) atoms. The van der Waals surface area contributed by atoms with Gasteiger partial charge >= 0.3 is 0 Å². The van der Waals surface area contributed by atoms with Crippen LogP contribution in [-0.4, -0.2) is 41.1 Å². The van der Waals surface area contributed by atoms with Gasteiger partial charge in [-0.15, -0.1) is 11.3 Å². The number of piperidine rings is 1. The van der Waals surface area contributed by atoms with E-state index < -0.39 is 5.60 Å². The van der Waals surface area contributed by atoms with Crippen LogP contribution in [0.25, 0.3) is 0 Å². The number of hydrogen-bond donors (Lipinski definition) is 2. The first-order valence-corrected chi connectivity index (χ1v) is 9.48. The number of thiophene rings is 1. The highest BCUT2D eigenvalue weighted by molar-refractivity contribution is 7.10. The molecule has 2 heterocycles. The minimum atomic E-state index is -1.32. The van der Waals surface area contributed by atoms with Crippen molar-refractivity contribution in [3.63, 3.8) is 0 Å². The summed E-state index contributed by atoms with van der Waals surface area (Å²) in [6.07, 6.45) is 2.42. The molecular weight excluding hydrogens is 308 g/mol. The third-order valence-corrected chi connectivity index (χ3v) is 6.14. The monoisotopic (exact) mass is 338 g/mol. The minimum Gasteiger partial charge on any atom is -0.380 e. The van der Waals surface area contributed by atoms with Gasteiger partial charge in [-0.25, -0.2) is 0 Å². The van der Waals surface area contributed by atoms with Crippen LogP contribution in [0.1, 0.15) is 51.5 Å². The zero-order chi connectivity index (χ0) is 17.0. The van der Waals surface area contributed by atoms with E-state index in [1.54, 1.807) is 18.3 Å². The van der Waals surface area contributed by atoms with Crippen molar-refractivity contribution in [2.24, 2.45) is 11.8 Å². The first kappa shape index (κ1) is 18.4. The molecule has 5 heteroatoms. The summed E-state index contributed by atoms with van der Waals surface area (Å²) < 4.78 is 0. The van der Waals surface area contributed by atoms with Crippen molar-refractivity contribution in [2.45, 2.75) is 52.2 Å². The number of nitrogens with one attached hydrogen (secondary N) is 1. The fourth-order valence-electron chi connectivity index (χ4n) is 2.86. The molecule has 1 aliphatic heterocycles. The highest BCUT2D eigenvalue weighted by atomic mass is 32.1. The summed E-state index contributed by atoms with van der Waals surface area (Å²) in [5.74, 6) is 0.393. The molecule has 0 unspecified atom stereocenters. The molecule has 4 nitrogen and oxygen atoms in total. The summed E-state index contributed by atoms with van der Waals surface area (Å²) in [5, 5.41) is 15.4. The molecule has 2 atom stereocenters. The summed E-state index contributed by atoms with van der Waals surface area (Å²) in [6.45, 7) is 10.3. The molecular formula is C18H30N2O2S. The van der Waals surface area contributed by atoms with Crippen LogP contribution in [0.15, 0.2) is 17.5 Å². The van der Waals surface area contributed by atoms with E-state index in [1.807, 2.05) is 13.8 Å². The fourth-order valence-corrected chi connectivity index (χ4v) is 3.72. The molecule has 1 aromatic heterocycles. The number of hydrogen-bond acceptors (Lipinski definition) is 4. The van der Waals surface area contributed by atoms with E-state index in [4.69, 9.17) is 0 Å². The predicted octanol–water partition coefficient (Wildman–Crippen LogP) is 3.04. The van der Waals surface area contributed by atoms with E-state index in [9.17, 15) is 9.90 Å². The van der Waals surface area contributed by atoms with Crippen molar-refractivity contribution in [2.75, 3.05) is 19.6 Å². The van der Waals surface area contributed by atoms with Gasteiger partial charge in [-0.3, -0.25) is 9.69 Å². The number of carbonyl (C=O) groups excluding carboxylic acids is 1. The van der Waals surface area contributed by atoms with Crippen LogP contribution in [0.5, 0.6) is 0 Å². The largest absolute Gasteiger partial charge is 0.380 e. The van der Waals surface area contributed by atoms with E-state index in [0.717, 1.165) is 19.0 Å². The summed E-state index contributed by atoms with van der Waals surface area (Å²) in [4.78, 5) is 16.1. The van der Waals surface area contributed by atoms with Crippen molar-refractivity contribution in [1.82, 2.24) is 10.2 Å². The van der Waals surface area contributed by atoms with Gasteiger partial charge in [-0.2, -0.15) is 0 Å². The standard InChI is InChI=1S/C18H30N2O2S/c1-13(2)18(4,22)17(21)19-12-15(16-6-5-11-23-16)20-9-7-14(3)8-10-20/h5-6,11,13-15,22H,7-10,12H2,1-4H3,(H,19,21)/t15-,18-/m1/s1. The molecule has 1 saturated heterocycles. The van der Waals surface area contributed by atoms with Crippen LogP contribution >= 0.6 is 11.3 Å². The van der Waals surface area contributed by atoms with Gasteiger partial charge in [0.1, 0.15) is 5.60 Å². The molecule has 0 bridgehead atoms. The Labute approximate surface area is 143 Å². The molecule has 0 radical (unpaired) electrons. The van der Waals surface area contributed by atoms with Crippen LogP contribution in [-0.2, 0) is 4.79 Å². The topological polar surface area (TPSA) is 52.6 Å². The Morgan fingerprint density at radius 3 is 2.65 bits per heavy atom. The molecule has 2 rings (SSSR count). The summed E-state index contributed by atoms with van der Waals surface area (Å²) >= 11 is 1.74. The van der Waals surface area contributed by atoms with Crippen molar-refractivity contribution in [3.05, 3.63) is 22.4 Å². The second-order valence-corrected chi connectivity index (χ2v) is 8.24. The highest BCUT2D eigenvalue weighted by Crippen LogP contribution is 2.29. The predicted molar refractivity (Wildman–Crippen MR) is 95.5 cm³/mol. The Morgan fingerprint density at radius 2 is 2.13 bits per heavy atom. The number of amides is 1. The zero-order valence-electron chi connectivity index (χ0n) is 14.7. The lowest BCUT2D eigenvalue weighted by molar-refractivity contribution is -0.142. The van der Waals surface area contributed by atoms with Crippen molar-refractivity contribution < 1.29 is 9.90 Å². The molecule has 1 fully saturated rings. The molecule has 130 valence electrons. The van der Waals surface area contributed by atoms with Gasteiger partial charge < -0.3 is 10.4 Å². The second-order valence-electron chi connectivity index (χ2n) is 7.26. The maximum atomic E-state index is 12.3. The maximum absolute atomic E-state index is 12.3. The number of rotatable bonds is 6. The Morgan fingerprint density at radius 1 is 1.48 bits per heavy atom. The molecule has 0 aromatic carbocycles. The number of likely N-dealkylation sites (tertiary alicyclic amines) is 1. The van der Waals surface area contributed by atoms with Gasteiger partial charge in [-0.1, -0.05) is 26.8 Å². The Balaban J connectivity index is 2.03. The lowest BCUT2D eigenvalue weighted by Crippen LogP contribution is -2.50. The van der Waals surface area contributed by atoms with E-state index >= 15 is 0 Å². The summed E-state index contributed by atoms with van der Waals surface area (Å²) in [5.41, 5.74) is -1.32. The van der Waals surface area contributed by atoms with Gasteiger partial charge in [0.05, 0.1) is 6.04 Å². The molecule has 2 N–H and O–H groups in total. The lowest BCUT2D eigenvalue weighted by Gasteiger charge is -2.37. The normalized spacial score (nSPS) is 21.1. The summed E-state index contributed by atoms with van der Waals surface area (Å²) in [7, 11) is 0. The molecule has 0 aliphatic carbocycles. The fraction of sp³-hybridized carbons (Fsp3) is 0.722. The van der Waals surface area contributed by atoms with Crippen LogP contribution in [0.2, 0.25) is 0 Å². The molecule has 0 spiro atoms. The van der Waals surface area contributed by atoms with Crippen LogP contribution in [0.4, 0.5) is 0 Å². The van der Waals surface area contributed by atoms with Crippen molar-refractivity contribution in [3.8, 4) is 0 Å². The number of carbonyl (C=O) groups is 1. The van der Waals surface area contributed by atoms with Gasteiger partial charge in [0, 0.05) is 11.4 Å². The average molecular weight is 339 g/mol. The first-order valence-electron chi connectivity index (χ1n) is 8.60. The molecule has 0 saturated carbocycles. The van der Waals surface area contributed by atoms with Crippen molar-refractivity contribution >= 4 is 17.2 Å². The smallest absolute Gasteiger partial charge is 0.252 e. The van der Waals surface area contributed by atoms with Gasteiger partial charge in [0.2, 0.25) is 0 Å². The summed E-state index contributed by atoms with van der Waals surface area (Å²) in [6, 6.07) is 4.40. The Bertz CT molecular complexity index is 491. The molecule has 1 aliphatic rings. The third-order valence-electron chi connectivity index (χ3n) is 5.17. The molecule has 1 aromatic rings. The number of aliphatic hydroxyl groups is 1. The van der Waals surface area contributed by atoms with Crippen molar-refractivity contribution in [1.29, 1.82) is 0 Å². The quantitative estimate of drug-likeness (QED) is 0.838. The lowest BCUT2D eigenvalue weighted by atomic mass is 9.91. The van der Waals surface area contributed by atoms with Crippen LogP contribution < -0.4 is 5.32 Å². The second kappa shape index (κ2) is 7.77. The van der Waals surface area contributed by atoms with E-state index in [0.29, 0.717) is 6.54 Å². The van der Waals surface area contributed by atoms with Crippen LogP contribution in [0, 0.1) is 11.8 Å². The van der Waals surface area contributed by atoms with Gasteiger partial charge in [0.25, 0.3) is 5.91 Å². The van der Waals surface area contributed by atoms with E-state index in [-0.39, 0.29) is 17.9 Å². The van der Waals surface area contributed by atoms with Gasteiger partial charge in [0.15, 0.2) is 0 Å². The average Bonchev–Trinajstić information content (AvgIpc) is 3.03. The first-order chi connectivity index (χ1) is 10.8. The maximum Gasteiger partial charge on any atom is 0.252 e. The Kier molecular flexibility index (Phi) is 6.23. The minimum absolute atomic E-state index is 0.112. The number of nitrogens with zero attached hydrogens (tertiary/aromatic N) is 1. The SMILES string of the molecule is CC1CCN([C@H](CNC(=O)[C@](C)(O)C(C)C)c2cccs2)CC1. The highest BCUT2D eigenvalue weighted by Gasteiger charge is 2.34. The van der Waals surface area contributed by atoms with E-state index in [2.05, 4.69) is 34.7 Å². The third kappa shape index (κ3) is 4.55. The van der Waals surface area contributed by atoms with Gasteiger partial charge in [-0.05, 0) is 56.1 Å². The zero-order valence-corrected chi connectivity index (χ0v) is 15.5. The molecule has 1 amide bonds.